The summed E-state index contributed by atoms with van der Waals surface area (Å²) >= 11 is 0. The molecule has 0 aliphatic rings. The predicted octanol–water partition coefficient (Wildman–Crippen LogP) is 2.74. The summed E-state index contributed by atoms with van der Waals surface area (Å²) in [7, 11) is 0. The Hall–Kier alpha value is -2.84. The number of hydrogen-bond donors (Lipinski definition) is 1. The molecule has 0 atom stereocenters. The van der Waals surface area contributed by atoms with Gasteiger partial charge in [0.05, 0.1) is 18.2 Å². The molecular formula is C20H22N2O3. The molecule has 0 spiro atoms. The minimum absolute atomic E-state index is 0.120. The van der Waals surface area contributed by atoms with Crippen molar-refractivity contribution in [1.82, 2.24) is 4.90 Å². The van der Waals surface area contributed by atoms with Gasteiger partial charge in [-0.3, -0.25) is 4.79 Å². The van der Waals surface area contributed by atoms with Gasteiger partial charge < -0.3 is 14.7 Å². The van der Waals surface area contributed by atoms with Gasteiger partial charge in [-0.2, -0.15) is 5.26 Å². The summed E-state index contributed by atoms with van der Waals surface area (Å²) in [5.41, 5.74) is 0.416. The predicted molar refractivity (Wildman–Crippen MR) is 94.8 cm³/mol. The number of rotatable bonds is 7. The molecule has 2 aromatic carbocycles. The standard InChI is InChI=1S/C20H22N2O3/c1-20(2,25-18-10-8-16(14-21)9-11-18)19(24)22(12-13-23)15-17-6-4-3-5-7-17/h3-11,23H,12-13,15H2,1-2H3. The highest BCUT2D eigenvalue weighted by Crippen LogP contribution is 2.21. The number of aliphatic hydroxyl groups is 1. The molecule has 2 rings (SSSR count). The van der Waals surface area contributed by atoms with Crippen molar-refractivity contribution in [2.75, 3.05) is 13.2 Å². The average Bonchev–Trinajstić information content (AvgIpc) is 2.62. The van der Waals surface area contributed by atoms with E-state index in [1.807, 2.05) is 36.4 Å². The lowest BCUT2D eigenvalue weighted by molar-refractivity contribution is -0.146. The van der Waals surface area contributed by atoms with Crippen LogP contribution in [0.1, 0.15) is 25.0 Å². The molecule has 0 radical (unpaired) electrons. The van der Waals surface area contributed by atoms with Crippen LogP contribution in [0.4, 0.5) is 0 Å². The van der Waals surface area contributed by atoms with Crippen LogP contribution in [0.25, 0.3) is 0 Å². The minimum atomic E-state index is -1.10. The van der Waals surface area contributed by atoms with Crippen molar-refractivity contribution < 1.29 is 14.6 Å². The zero-order valence-corrected chi connectivity index (χ0v) is 14.5. The minimum Gasteiger partial charge on any atom is -0.478 e. The second-order valence-electron chi connectivity index (χ2n) is 6.18. The Bertz CT molecular complexity index is 734. The number of ether oxygens (including phenoxy) is 1. The number of amides is 1. The number of aliphatic hydroxyl groups excluding tert-OH is 1. The number of carbonyl (C=O) groups excluding carboxylic acids is 1. The van der Waals surface area contributed by atoms with E-state index in [0.29, 0.717) is 17.9 Å². The molecule has 0 aliphatic carbocycles. The van der Waals surface area contributed by atoms with Crippen LogP contribution in [-0.4, -0.2) is 34.7 Å². The van der Waals surface area contributed by atoms with Crippen molar-refractivity contribution in [1.29, 1.82) is 5.26 Å². The molecule has 0 aromatic heterocycles. The number of hydrogen-bond acceptors (Lipinski definition) is 4. The fourth-order valence-electron chi connectivity index (χ4n) is 2.49. The molecule has 0 aliphatic heterocycles. The van der Waals surface area contributed by atoms with Gasteiger partial charge in [0.2, 0.25) is 0 Å². The van der Waals surface area contributed by atoms with Crippen LogP contribution in [-0.2, 0) is 11.3 Å². The number of nitrogens with zero attached hydrogens (tertiary/aromatic N) is 2. The first kappa shape index (κ1) is 18.5. The van der Waals surface area contributed by atoms with E-state index in [0.717, 1.165) is 5.56 Å². The molecule has 5 nitrogen and oxygen atoms in total. The maximum atomic E-state index is 12.9. The molecule has 0 bridgehead atoms. The van der Waals surface area contributed by atoms with E-state index in [4.69, 9.17) is 10.00 Å². The van der Waals surface area contributed by atoms with Gasteiger partial charge >= 0.3 is 0 Å². The highest BCUT2D eigenvalue weighted by molar-refractivity contribution is 5.84. The summed E-state index contributed by atoms with van der Waals surface area (Å²) in [5.74, 6) is 0.302. The summed E-state index contributed by atoms with van der Waals surface area (Å²) < 4.78 is 5.85. The Morgan fingerprint density at radius 2 is 1.80 bits per heavy atom. The average molecular weight is 338 g/mol. The lowest BCUT2D eigenvalue weighted by Gasteiger charge is -2.32. The van der Waals surface area contributed by atoms with Gasteiger partial charge in [-0.1, -0.05) is 30.3 Å². The molecular weight excluding hydrogens is 316 g/mol. The topological polar surface area (TPSA) is 73.6 Å². The van der Waals surface area contributed by atoms with Gasteiger partial charge in [0.1, 0.15) is 5.75 Å². The summed E-state index contributed by atoms with van der Waals surface area (Å²) in [6, 6.07) is 18.3. The summed E-state index contributed by atoms with van der Waals surface area (Å²) in [4.78, 5) is 14.5. The van der Waals surface area contributed by atoms with Crippen LogP contribution in [0.3, 0.4) is 0 Å². The second kappa shape index (κ2) is 8.32. The summed E-state index contributed by atoms with van der Waals surface area (Å²) in [6.45, 7) is 3.91. The van der Waals surface area contributed by atoms with Crippen molar-refractivity contribution in [2.45, 2.75) is 26.0 Å². The largest absolute Gasteiger partial charge is 0.478 e. The highest BCUT2D eigenvalue weighted by Gasteiger charge is 2.34. The molecule has 5 heteroatoms. The van der Waals surface area contributed by atoms with Crippen LogP contribution in [0.2, 0.25) is 0 Å². The Morgan fingerprint density at radius 3 is 2.36 bits per heavy atom. The molecule has 0 heterocycles. The molecule has 0 fully saturated rings. The Labute approximate surface area is 148 Å². The number of carbonyl (C=O) groups is 1. The zero-order valence-electron chi connectivity index (χ0n) is 14.5. The fourth-order valence-corrected chi connectivity index (χ4v) is 2.49. The maximum Gasteiger partial charge on any atom is 0.266 e. The first-order valence-corrected chi connectivity index (χ1v) is 8.09. The van der Waals surface area contributed by atoms with Crippen LogP contribution >= 0.6 is 0 Å². The van der Waals surface area contributed by atoms with E-state index < -0.39 is 5.60 Å². The molecule has 1 amide bonds. The third-order valence-electron chi connectivity index (χ3n) is 3.74. The van der Waals surface area contributed by atoms with Crippen LogP contribution in [0.15, 0.2) is 54.6 Å². The lowest BCUT2D eigenvalue weighted by Crippen LogP contribution is -2.49. The molecule has 0 unspecified atom stereocenters. The highest BCUT2D eigenvalue weighted by atomic mass is 16.5. The Kier molecular flexibility index (Phi) is 6.15. The van der Waals surface area contributed by atoms with E-state index in [1.54, 1.807) is 43.0 Å². The summed E-state index contributed by atoms with van der Waals surface area (Å²) in [5, 5.41) is 18.2. The molecule has 25 heavy (non-hydrogen) atoms. The van der Waals surface area contributed by atoms with Crippen LogP contribution in [0.5, 0.6) is 5.75 Å². The zero-order chi connectivity index (χ0) is 18.3. The van der Waals surface area contributed by atoms with Gasteiger partial charge in [0.15, 0.2) is 5.60 Å². The SMILES string of the molecule is CC(C)(Oc1ccc(C#N)cc1)C(=O)N(CCO)Cc1ccccc1. The smallest absolute Gasteiger partial charge is 0.266 e. The normalized spacial score (nSPS) is 10.8. The van der Waals surface area contributed by atoms with E-state index in [2.05, 4.69) is 0 Å². The van der Waals surface area contributed by atoms with E-state index in [9.17, 15) is 9.90 Å². The third-order valence-corrected chi connectivity index (χ3v) is 3.74. The first-order valence-electron chi connectivity index (χ1n) is 8.09. The van der Waals surface area contributed by atoms with Gasteiger partial charge in [-0.15, -0.1) is 0 Å². The Morgan fingerprint density at radius 1 is 1.16 bits per heavy atom. The lowest BCUT2D eigenvalue weighted by atomic mass is 10.1. The molecule has 1 N–H and O–H groups in total. The number of nitriles is 1. The van der Waals surface area contributed by atoms with Crippen LogP contribution < -0.4 is 4.74 Å². The Balaban J connectivity index is 2.13. The maximum absolute atomic E-state index is 12.9. The third kappa shape index (κ3) is 5.07. The fraction of sp³-hybridized carbons (Fsp3) is 0.300. The molecule has 0 saturated carbocycles. The quantitative estimate of drug-likeness (QED) is 0.842. The van der Waals surface area contributed by atoms with Crippen molar-refractivity contribution in [3.8, 4) is 11.8 Å². The van der Waals surface area contributed by atoms with Crippen molar-refractivity contribution in [3.63, 3.8) is 0 Å². The van der Waals surface area contributed by atoms with Gasteiger partial charge in [-0.25, -0.2) is 0 Å². The molecule has 0 saturated heterocycles. The van der Waals surface area contributed by atoms with E-state index in [1.165, 1.54) is 0 Å². The van der Waals surface area contributed by atoms with E-state index in [-0.39, 0.29) is 19.1 Å². The summed E-state index contributed by atoms with van der Waals surface area (Å²) in [6.07, 6.45) is 0. The molecule has 130 valence electrons. The van der Waals surface area contributed by atoms with Gasteiger partial charge in [-0.05, 0) is 43.7 Å². The second-order valence-corrected chi connectivity index (χ2v) is 6.18. The van der Waals surface area contributed by atoms with Crippen LogP contribution in [0, 0.1) is 11.3 Å². The molecule has 2 aromatic rings. The van der Waals surface area contributed by atoms with Crippen molar-refractivity contribution in [2.24, 2.45) is 0 Å². The van der Waals surface area contributed by atoms with Gasteiger partial charge in [0.25, 0.3) is 5.91 Å². The van der Waals surface area contributed by atoms with Gasteiger partial charge in [0, 0.05) is 13.1 Å². The first-order chi connectivity index (χ1) is 12.0. The monoisotopic (exact) mass is 338 g/mol. The van der Waals surface area contributed by atoms with Crippen molar-refractivity contribution >= 4 is 5.91 Å². The van der Waals surface area contributed by atoms with E-state index >= 15 is 0 Å². The number of benzene rings is 2. The van der Waals surface area contributed by atoms with Crippen molar-refractivity contribution in [3.05, 3.63) is 65.7 Å².